The zero-order chi connectivity index (χ0) is 10.8. The van der Waals surface area contributed by atoms with Crippen LogP contribution in [-0.4, -0.2) is 6.04 Å². The molecule has 1 aromatic heterocycles. The maximum absolute atomic E-state index is 3.78. The summed E-state index contributed by atoms with van der Waals surface area (Å²) in [7, 11) is 0. The number of thiophene rings is 1. The van der Waals surface area contributed by atoms with Crippen LogP contribution in [0.2, 0.25) is 0 Å². The molecule has 1 saturated carbocycles. The quantitative estimate of drug-likeness (QED) is 0.800. The van der Waals surface area contributed by atoms with Crippen molar-refractivity contribution < 1.29 is 0 Å². The van der Waals surface area contributed by atoms with E-state index in [-0.39, 0.29) is 0 Å². The van der Waals surface area contributed by atoms with Crippen LogP contribution >= 0.6 is 11.3 Å². The highest BCUT2D eigenvalue weighted by atomic mass is 32.1. The Morgan fingerprint density at radius 3 is 2.73 bits per heavy atom. The molecule has 0 bridgehead atoms. The summed E-state index contributed by atoms with van der Waals surface area (Å²) >= 11 is 1.88. The summed E-state index contributed by atoms with van der Waals surface area (Å²) in [6, 6.07) is 5.78. The van der Waals surface area contributed by atoms with Crippen LogP contribution in [-0.2, 0) is 0 Å². The van der Waals surface area contributed by atoms with E-state index in [1.807, 2.05) is 11.3 Å². The molecule has 0 radical (unpaired) electrons. The van der Waals surface area contributed by atoms with Gasteiger partial charge in [-0.15, -0.1) is 11.3 Å². The van der Waals surface area contributed by atoms with Crippen LogP contribution in [0.5, 0.6) is 0 Å². The molecule has 0 aliphatic heterocycles. The van der Waals surface area contributed by atoms with Crippen molar-refractivity contribution >= 4 is 11.3 Å². The summed E-state index contributed by atoms with van der Waals surface area (Å²) in [5, 5.41) is 5.97. The molecule has 0 amide bonds. The maximum atomic E-state index is 3.78. The third-order valence-electron chi connectivity index (χ3n) is 3.12. The second kappa shape index (κ2) is 4.67. The molecule has 15 heavy (non-hydrogen) atoms. The number of hydrogen-bond donors (Lipinski definition) is 1. The van der Waals surface area contributed by atoms with Gasteiger partial charge in [0.25, 0.3) is 0 Å². The van der Waals surface area contributed by atoms with Crippen molar-refractivity contribution in [1.29, 1.82) is 0 Å². The number of rotatable bonds is 5. The first-order chi connectivity index (χ1) is 7.16. The van der Waals surface area contributed by atoms with Crippen molar-refractivity contribution in [3.8, 4) is 0 Å². The Morgan fingerprint density at radius 1 is 1.53 bits per heavy atom. The van der Waals surface area contributed by atoms with Gasteiger partial charge >= 0.3 is 0 Å². The Morgan fingerprint density at radius 2 is 2.27 bits per heavy atom. The minimum atomic E-state index is 0.583. The molecule has 2 rings (SSSR count). The van der Waals surface area contributed by atoms with Crippen molar-refractivity contribution in [2.45, 2.75) is 45.7 Å². The first kappa shape index (κ1) is 11.2. The van der Waals surface area contributed by atoms with E-state index >= 15 is 0 Å². The first-order valence-electron chi connectivity index (χ1n) is 5.96. The van der Waals surface area contributed by atoms with Crippen molar-refractivity contribution in [3.05, 3.63) is 22.4 Å². The Balaban J connectivity index is 1.96. The lowest BCUT2D eigenvalue weighted by molar-refractivity contribution is 0.426. The average molecular weight is 223 g/mol. The lowest BCUT2D eigenvalue weighted by Gasteiger charge is -2.19. The van der Waals surface area contributed by atoms with E-state index in [1.165, 1.54) is 17.7 Å². The highest BCUT2D eigenvalue weighted by Gasteiger charge is 2.34. The fourth-order valence-electron chi connectivity index (χ4n) is 2.04. The smallest absolute Gasteiger partial charge is 0.0419 e. The normalized spacial score (nSPS) is 26.9. The van der Waals surface area contributed by atoms with Crippen LogP contribution in [0.1, 0.15) is 44.5 Å². The molecule has 84 valence electrons. The van der Waals surface area contributed by atoms with Gasteiger partial charge in [-0.05, 0) is 36.1 Å². The predicted octanol–water partition coefficient (Wildman–Crippen LogP) is 3.83. The summed E-state index contributed by atoms with van der Waals surface area (Å²) in [6.07, 6.45) is 2.61. The van der Waals surface area contributed by atoms with Crippen LogP contribution in [0.3, 0.4) is 0 Å². The van der Waals surface area contributed by atoms with Gasteiger partial charge in [0.05, 0.1) is 0 Å². The van der Waals surface area contributed by atoms with Crippen molar-refractivity contribution in [1.82, 2.24) is 5.32 Å². The van der Waals surface area contributed by atoms with Gasteiger partial charge in [-0.3, -0.25) is 0 Å². The van der Waals surface area contributed by atoms with Crippen molar-refractivity contribution in [2.24, 2.45) is 11.8 Å². The molecular formula is C13H21NS. The molecule has 1 aromatic rings. The van der Waals surface area contributed by atoms with E-state index in [1.54, 1.807) is 0 Å². The van der Waals surface area contributed by atoms with E-state index in [2.05, 4.69) is 43.6 Å². The van der Waals surface area contributed by atoms with Gasteiger partial charge in [0.2, 0.25) is 0 Å². The largest absolute Gasteiger partial charge is 0.306 e. The molecule has 3 atom stereocenters. The third kappa shape index (κ3) is 3.05. The standard InChI is InChI=1S/C13H21NS/c1-9(2)7-12(13-5-4-6-15-13)14-11-8-10(11)3/h4-6,9-12,14H,7-8H2,1-3H3. The van der Waals surface area contributed by atoms with Gasteiger partial charge in [0, 0.05) is 17.0 Å². The maximum Gasteiger partial charge on any atom is 0.0419 e. The minimum absolute atomic E-state index is 0.583. The van der Waals surface area contributed by atoms with E-state index in [0.29, 0.717) is 6.04 Å². The first-order valence-corrected chi connectivity index (χ1v) is 6.84. The molecule has 1 nitrogen and oxygen atoms in total. The fourth-order valence-corrected chi connectivity index (χ4v) is 2.84. The monoisotopic (exact) mass is 223 g/mol. The Bertz CT molecular complexity index is 291. The van der Waals surface area contributed by atoms with E-state index in [9.17, 15) is 0 Å². The SMILES string of the molecule is CC(C)CC(NC1CC1C)c1cccs1. The molecule has 3 unspecified atom stereocenters. The predicted molar refractivity (Wildman–Crippen MR) is 67.2 cm³/mol. The van der Waals surface area contributed by atoms with Crippen LogP contribution in [0.25, 0.3) is 0 Å². The Hall–Kier alpha value is -0.340. The van der Waals surface area contributed by atoms with Crippen LogP contribution < -0.4 is 5.32 Å². The highest BCUT2D eigenvalue weighted by Crippen LogP contribution is 2.34. The topological polar surface area (TPSA) is 12.0 Å². The second-order valence-corrected chi connectivity index (χ2v) is 6.16. The molecule has 2 heteroatoms. The molecule has 1 fully saturated rings. The van der Waals surface area contributed by atoms with Gasteiger partial charge in [0.15, 0.2) is 0 Å². The zero-order valence-corrected chi connectivity index (χ0v) is 10.7. The molecule has 1 aliphatic rings. The summed E-state index contributed by atoms with van der Waals surface area (Å²) < 4.78 is 0. The minimum Gasteiger partial charge on any atom is -0.306 e. The number of hydrogen-bond acceptors (Lipinski definition) is 2. The Kier molecular flexibility index (Phi) is 3.47. The molecule has 1 heterocycles. The highest BCUT2D eigenvalue weighted by molar-refractivity contribution is 7.10. The number of nitrogens with one attached hydrogen (secondary N) is 1. The summed E-state index contributed by atoms with van der Waals surface area (Å²) in [4.78, 5) is 1.50. The van der Waals surface area contributed by atoms with E-state index in [4.69, 9.17) is 0 Å². The van der Waals surface area contributed by atoms with Crippen molar-refractivity contribution in [2.75, 3.05) is 0 Å². The lowest BCUT2D eigenvalue weighted by Crippen LogP contribution is -2.25. The van der Waals surface area contributed by atoms with E-state index < -0.39 is 0 Å². The van der Waals surface area contributed by atoms with Gasteiger partial charge < -0.3 is 5.32 Å². The average Bonchev–Trinajstić information content (AvgIpc) is 2.71. The third-order valence-corrected chi connectivity index (χ3v) is 4.10. The van der Waals surface area contributed by atoms with Crippen LogP contribution in [0.15, 0.2) is 17.5 Å². The molecule has 0 saturated heterocycles. The Labute approximate surface area is 96.9 Å². The van der Waals surface area contributed by atoms with Crippen LogP contribution in [0, 0.1) is 11.8 Å². The second-order valence-electron chi connectivity index (χ2n) is 5.18. The van der Waals surface area contributed by atoms with E-state index in [0.717, 1.165) is 17.9 Å². The van der Waals surface area contributed by atoms with Gasteiger partial charge in [-0.2, -0.15) is 0 Å². The summed E-state index contributed by atoms with van der Waals surface area (Å²) in [6.45, 7) is 6.94. The zero-order valence-electron chi connectivity index (χ0n) is 9.86. The lowest BCUT2D eigenvalue weighted by atomic mass is 10.0. The molecule has 1 N–H and O–H groups in total. The molecule has 0 aromatic carbocycles. The molecule has 0 spiro atoms. The van der Waals surface area contributed by atoms with Gasteiger partial charge in [-0.1, -0.05) is 26.8 Å². The molecule has 1 aliphatic carbocycles. The van der Waals surface area contributed by atoms with Gasteiger partial charge in [0.1, 0.15) is 0 Å². The summed E-state index contributed by atoms with van der Waals surface area (Å²) in [5.41, 5.74) is 0. The fraction of sp³-hybridized carbons (Fsp3) is 0.692. The summed E-state index contributed by atoms with van der Waals surface area (Å²) in [5.74, 6) is 1.65. The van der Waals surface area contributed by atoms with Gasteiger partial charge in [-0.25, -0.2) is 0 Å². The molecular weight excluding hydrogens is 202 g/mol. The van der Waals surface area contributed by atoms with Crippen molar-refractivity contribution in [3.63, 3.8) is 0 Å². The van der Waals surface area contributed by atoms with Crippen LogP contribution in [0.4, 0.5) is 0 Å².